The van der Waals surface area contributed by atoms with Gasteiger partial charge in [0.25, 0.3) is 0 Å². The third-order valence-electron chi connectivity index (χ3n) is 4.21. The number of carboxylic acid groups (broad SMARTS) is 1. The first-order valence-electron chi connectivity index (χ1n) is 9.64. The molecule has 0 aliphatic heterocycles. The van der Waals surface area contributed by atoms with Gasteiger partial charge in [0, 0.05) is 5.75 Å². The Morgan fingerprint density at radius 3 is 2.20 bits per heavy atom. The van der Waals surface area contributed by atoms with E-state index in [4.69, 9.17) is 10.8 Å². The van der Waals surface area contributed by atoms with E-state index in [0.29, 0.717) is 12.8 Å². The molecule has 0 spiro atoms. The van der Waals surface area contributed by atoms with E-state index in [-0.39, 0.29) is 18.2 Å². The number of carbonyl (C=O) groups is 4. The van der Waals surface area contributed by atoms with Gasteiger partial charge in [-0.15, -0.1) is 0 Å². The molecule has 0 fully saturated rings. The number of benzene rings is 1. The molecule has 0 saturated heterocycles. The molecule has 1 aromatic rings. The molecule has 30 heavy (non-hydrogen) atoms. The molecule has 0 bridgehead atoms. The Labute approximate surface area is 181 Å². The maximum absolute atomic E-state index is 12.4. The summed E-state index contributed by atoms with van der Waals surface area (Å²) in [6.07, 6.45) is 0.630. The molecular formula is C20H30N4O5S. The maximum Gasteiger partial charge on any atom is 0.327 e. The lowest BCUT2D eigenvalue weighted by atomic mass is 10.0. The van der Waals surface area contributed by atoms with Crippen LogP contribution < -0.4 is 21.7 Å². The van der Waals surface area contributed by atoms with Crippen molar-refractivity contribution in [3.63, 3.8) is 0 Å². The van der Waals surface area contributed by atoms with Crippen LogP contribution in [-0.4, -0.2) is 59.2 Å². The second-order valence-corrected chi connectivity index (χ2v) is 7.71. The molecule has 166 valence electrons. The Bertz CT molecular complexity index is 729. The first kappa shape index (κ1) is 25.4. The molecule has 1 rings (SSSR count). The third kappa shape index (κ3) is 9.27. The van der Waals surface area contributed by atoms with Crippen LogP contribution in [0.1, 0.15) is 25.8 Å². The predicted octanol–water partition coefficient (Wildman–Crippen LogP) is -0.297. The molecule has 0 saturated carbocycles. The van der Waals surface area contributed by atoms with E-state index < -0.39 is 41.8 Å². The number of rotatable bonds is 12. The summed E-state index contributed by atoms with van der Waals surface area (Å²) in [6.45, 7) is 3.38. The molecule has 0 heterocycles. The number of carbonyl (C=O) groups excluding carboxylic acids is 3. The van der Waals surface area contributed by atoms with Gasteiger partial charge >= 0.3 is 5.97 Å². The molecular weight excluding hydrogens is 408 g/mol. The van der Waals surface area contributed by atoms with E-state index in [9.17, 15) is 19.2 Å². The largest absolute Gasteiger partial charge is 0.480 e. The lowest BCUT2D eigenvalue weighted by Crippen LogP contribution is -2.54. The summed E-state index contributed by atoms with van der Waals surface area (Å²) in [5, 5.41) is 16.4. The van der Waals surface area contributed by atoms with Gasteiger partial charge in [-0.05, 0) is 24.3 Å². The summed E-state index contributed by atoms with van der Waals surface area (Å²) < 4.78 is 0. The van der Waals surface area contributed by atoms with Gasteiger partial charge in [0.1, 0.15) is 12.1 Å². The second kappa shape index (κ2) is 12.9. The average Bonchev–Trinajstić information content (AvgIpc) is 2.69. The Morgan fingerprint density at radius 1 is 1.03 bits per heavy atom. The number of nitrogens with one attached hydrogen (secondary N) is 3. The minimum Gasteiger partial charge on any atom is -0.480 e. The zero-order valence-electron chi connectivity index (χ0n) is 17.1. The highest BCUT2D eigenvalue weighted by atomic mass is 32.1. The fourth-order valence-corrected chi connectivity index (χ4v) is 2.91. The maximum atomic E-state index is 12.4. The van der Waals surface area contributed by atoms with Crippen LogP contribution in [0, 0.1) is 5.92 Å². The van der Waals surface area contributed by atoms with Crippen molar-refractivity contribution in [2.45, 2.75) is 44.8 Å². The van der Waals surface area contributed by atoms with Crippen molar-refractivity contribution in [3.05, 3.63) is 35.9 Å². The molecule has 10 heteroatoms. The van der Waals surface area contributed by atoms with Gasteiger partial charge in [-0.3, -0.25) is 14.4 Å². The lowest BCUT2D eigenvalue weighted by Gasteiger charge is -2.22. The third-order valence-corrected chi connectivity index (χ3v) is 4.58. The highest BCUT2D eigenvalue weighted by Crippen LogP contribution is 2.06. The zero-order valence-corrected chi connectivity index (χ0v) is 18.0. The van der Waals surface area contributed by atoms with Gasteiger partial charge in [-0.1, -0.05) is 44.2 Å². The summed E-state index contributed by atoms with van der Waals surface area (Å²) in [5.41, 5.74) is 6.78. The number of hydrogen-bond donors (Lipinski definition) is 6. The molecule has 3 atom stereocenters. The van der Waals surface area contributed by atoms with Crippen molar-refractivity contribution < 1.29 is 24.3 Å². The van der Waals surface area contributed by atoms with Crippen molar-refractivity contribution in [2.75, 3.05) is 12.3 Å². The number of nitrogens with two attached hydrogens (primary N) is 1. The topological polar surface area (TPSA) is 151 Å². The second-order valence-electron chi connectivity index (χ2n) is 7.35. The van der Waals surface area contributed by atoms with E-state index >= 15 is 0 Å². The highest BCUT2D eigenvalue weighted by molar-refractivity contribution is 7.80. The fraction of sp³-hybridized carbons (Fsp3) is 0.500. The number of thiol groups is 1. The van der Waals surface area contributed by atoms with Gasteiger partial charge in [0.2, 0.25) is 17.7 Å². The van der Waals surface area contributed by atoms with Crippen LogP contribution >= 0.6 is 12.6 Å². The van der Waals surface area contributed by atoms with Crippen LogP contribution in [0.4, 0.5) is 0 Å². The molecule has 3 amide bonds. The Balaban J connectivity index is 2.59. The standard InChI is InChI=1S/C20H30N4O5S/c1-12(2)8-15(19(27)24-16(11-30)20(28)29)23-17(25)10-22-18(26)14(21)9-13-6-4-3-5-7-13/h3-7,12,14-16,30H,8-11,21H2,1-2H3,(H,22,26)(H,23,25)(H,24,27)(H,28,29). The first-order chi connectivity index (χ1) is 14.1. The van der Waals surface area contributed by atoms with E-state index in [1.807, 2.05) is 44.2 Å². The van der Waals surface area contributed by atoms with Gasteiger partial charge in [-0.25, -0.2) is 4.79 Å². The molecule has 1 aromatic carbocycles. The minimum atomic E-state index is -1.22. The molecule has 0 aliphatic carbocycles. The molecule has 6 N–H and O–H groups in total. The normalized spacial score (nSPS) is 13.8. The lowest BCUT2D eigenvalue weighted by molar-refractivity contribution is -0.141. The molecule has 0 aromatic heterocycles. The van der Waals surface area contributed by atoms with Gasteiger partial charge in [0.15, 0.2) is 0 Å². The highest BCUT2D eigenvalue weighted by Gasteiger charge is 2.26. The summed E-state index contributed by atoms with van der Waals surface area (Å²) in [5.74, 6) is -2.92. The quantitative estimate of drug-likeness (QED) is 0.247. The van der Waals surface area contributed by atoms with E-state index in [1.54, 1.807) is 0 Å². The van der Waals surface area contributed by atoms with Crippen molar-refractivity contribution in [1.29, 1.82) is 0 Å². The molecule has 3 unspecified atom stereocenters. The number of amides is 3. The smallest absolute Gasteiger partial charge is 0.327 e. The first-order valence-corrected chi connectivity index (χ1v) is 10.3. The van der Waals surface area contributed by atoms with Crippen molar-refractivity contribution >= 4 is 36.3 Å². The summed E-state index contributed by atoms with van der Waals surface area (Å²) in [6, 6.07) is 6.33. The number of carboxylic acids is 1. The van der Waals surface area contributed by atoms with Crippen molar-refractivity contribution in [3.8, 4) is 0 Å². The van der Waals surface area contributed by atoms with E-state index in [1.165, 1.54) is 0 Å². The van der Waals surface area contributed by atoms with Gasteiger partial charge in [0.05, 0.1) is 12.6 Å². The van der Waals surface area contributed by atoms with Crippen LogP contribution in [0.3, 0.4) is 0 Å². The van der Waals surface area contributed by atoms with Crippen molar-refractivity contribution in [1.82, 2.24) is 16.0 Å². The molecule has 9 nitrogen and oxygen atoms in total. The van der Waals surface area contributed by atoms with Gasteiger partial charge < -0.3 is 26.8 Å². The minimum absolute atomic E-state index is 0.0641. The average molecular weight is 439 g/mol. The van der Waals surface area contributed by atoms with E-state index in [2.05, 4.69) is 28.6 Å². The molecule has 0 aliphatic rings. The van der Waals surface area contributed by atoms with Gasteiger partial charge in [-0.2, -0.15) is 12.6 Å². The summed E-state index contributed by atoms with van der Waals surface area (Å²) in [4.78, 5) is 47.9. The van der Waals surface area contributed by atoms with Crippen LogP contribution in [0.2, 0.25) is 0 Å². The predicted molar refractivity (Wildman–Crippen MR) is 116 cm³/mol. The Kier molecular flexibility index (Phi) is 10.9. The Hall–Kier alpha value is -2.59. The zero-order chi connectivity index (χ0) is 22.7. The summed E-state index contributed by atoms with van der Waals surface area (Å²) in [7, 11) is 0. The van der Waals surface area contributed by atoms with E-state index in [0.717, 1.165) is 5.56 Å². The van der Waals surface area contributed by atoms with Crippen LogP contribution in [0.15, 0.2) is 30.3 Å². The number of hydrogen-bond acceptors (Lipinski definition) is 6. The van der Waals surface area contributed by atoms with Crippen LogP contribution in [-0.2, 0) is 25.6 Å². The molecule has 0 radical (unpaired) electrons. The number of aliphatic carboxylic acids is 1. The van der Waals surface area contributed by atoms with Crippen LogP contribution in [0.25, 0.3) is 0 Å². The SMILES string of the molecule is CC(C)CC(NC(=O)CNC(=O)C(N)Cc1ccccc1)C(=O)NC(CS)C(=O)O. The van der Waals surface area contributed by atoms with Crippen molar-refractivity contribution in [2.24, 2.45) is 11.7 Å². The van der Waals surface area contributed by atoms with Crippen LogP contribution in [0.5, 0.6) is 0 Å². The summed E-state index contributed by atoms with van der Waals surface area (Å²) >= 11 is 3.91. The monoisotopic (exact) mass is 438 g/mol. The fourth-order valence-electron chi connectivity index (χ4n) is 2.67. The Morgan fingerprint density at radius 2 is 1.67 bits per heavy atom.